The molecular weight excluding hydrogens is 343 g/mol. The van der Waals surface area contributed by atoms with Crippen molar-refractivity contribution in [1.82, 2.24) is 0 Å². The largest absolute Gasteiger partial charge is 0.504 e. The Bertz CT molecular complexity index is 942. The lowest BCUT2D eigenvalue weighted by molar-refractivity contribution is 0.0519. The quantitative estimate of drug-likeness (QED) is 0.456. The molecule has 0 unspecified atom stereocenters. The van der Waals surface area contributed by atoms with Gasteiger partial charge < -0.3 is 24.7 Å². The predicted molar refractivity (Wildman–Crippen MR) is 106 cm³/mol. The number of phenolic OH excluding ortho intramolecular Hbond substituents is 2. The maximum atomic E-state index is 10.2. The summed E-state index contributed by atoms with van der Waals surface area (Å²) in [7, 11) is -1.95. The summed E-state index contributed by atoms with van der Waals surface area (Å²) in [4.78, 5) is 0. The lowest BCUT2D eigenvalue weighted by Crippen LogP contribution is -2.44. The molecule has 4 N–H and O–H groups in total. The Balaban J connectivity index is 2.10. The van der Waals surface area contributed by atoms with Gasteiger partial charge in [-0.2, -0.15) is 0 Å². The Morgan fingerprint density at radius 1 is 1.19 bits per heavy atom. The molecule has 0 amide bonds. The topological polar surface area (TPSA) is 94.1 Å². The van der Waals surface area contributed by atoms with Crippen molar-refractivity contribution in [2.75, 3.05) is 0 Å². The van der Waals surface area contributed by atoms with Crippen molar-refractivity contribution < 1.29 is 24.7 Å². The van der Waals surface area contributed by atoms with Crippen LogP contribution in [0.4, 0.5) is 0 Å². The zero-order chi connectivity index (χ0) is 19.7. The highest BCUT2D eigenvalue weighted by atomic mass is 16.4. The summed E-state index contributed by atoms with van der Waals surface area (Å²) in [6, 6.07) is 1.49. The van der Waals surface area contributed by atoms with Crippen LogP contribution in [0, 0.1) is 11.3 Å². The Morgan fingerprint density at radius 2 is 1.89 bits per heavy atom. The minimum atomic E-state index is -1.95. The van der Waals surface area contributed by atoms with Crippen molar-refractivity contribution in [2.24, 2.45) is 11.3 Å². The second-order valence-electron chi connectivity index (χ2n) is 9.17. The van der Waals surface area contributed by atoms with Gasteiger partial charge in [0.1, 0.15) is 11.3 Å². The fraction of sp³-hybridized carbons (Fsp3) is 0.524. The molecule has 5 nitrogen and oxygen atoms in total. The summed E-state index contributed by atoms with van der Waals surface area (Å²) in [5.74, 6) is 0.146. The molecule has 0 saturated heterocycles. The molecule has 27 heavy (non-hydrogen) atoms. The van der Waals surface area contributed by atoms with Crippen molar-refractivity contribution in [1.29, 1.82) is 0 Å². The molecule has 1 aromatic carbocycles. The predicted octanol–water partition coefficient (Wildman–Crippen LogP) is 3.41. The standard InChI is InChI=1S/C21H27BO5/c1-11-6-7-14-20(2,3)8-5-9-21(14,4)15-12-10-13(23)17(24)16(22(25)26)19(12)27-18(11)15/h10,14,23-26H,1,5-9H2,2-4H3/t14-,21-/m1/s1. The van der Waals surface area contributed by atoms with E-state index in [9.17, 15) is 20.3 Å². The number of hydrogen-bond acceptors (Lipinski definition) is 5. The lowest BCUT2D eigenvalue weighted by atomic mass is 9.53. The van der Waals surface area contributed by atoms with E-state index in [1.165, 1.54) is 6.07 Å². The Hall–Kier alpha value is -1.92. The number of rotatable bonds is 1. The van der Waals surface area contributed by atoms with E-state index in [-0.39, 0.29) is 27.6 Å². The van der Waals surface area contributed by atoms with Gasteiger partial charge in [0.25, 0.3) is 0 Å². The van der Waals surface area contributed by atoms with Gasteiger partial charge in [0.05, 0.1) is 5.46 Å². The van der Waals surface area contributed by atoms with Crippen LogP contribution in [-0.4, -0.2) is 27.4 Å². The smallest absolute Gasteiger partial charge is 0.496 e. The van der Waals surface area contributed by atoms with Crippen LogP contribution >= 0.6 is 0 Å². The van der Waals surface area contributed by atoms with Crippen LogP contribution in [-0.2, 0) is 5.41 Å². The van der Waals surface area contributed by atoms with Crippen LogP contribution in [0.25, 0.3) is 16.5 Å². The second kappa shape index (κ2) is 5.79. The second-order valence-corrected chi connectivity index (χ2v) is 9.17. The molecule has 2 aliphatic carbocycles. The summed E-state index contributed by atoms with van der Waals surface area (Å²) >= 11 is 0. The molecule has 0 radical (unpaired) electrons. The molecule has 1 aromatic heterocycles. The van der Waals surface area contributed by atoms with Crippen molar-refractivity contribution >= 4 is 29.1 Å². The first-order valence-corrected chi connectivity index (χ1v) is 9.64. The van der Waals surface area contributed by atoms with Gasteiger partial charge in [-0.25, -0.2) is 0 Å². The molecule has 0 aliphatic heterocycles. The van der Waals surface area contributed by atoms with E-state index in [4.69, 9.17) is 4.42 Å². The average molecular weight is 370 g/mol. The zero-order valence-electron chi connectivity index (χ0n) is 16.2. The molecular formula is C21H27BO5. The van der Waals surface area contributed by atoms with Gasteiger partial charge in [0.15, 0.2) is 11.5 Å². The number of hydrogen-bond donors (Lipinski definition) is 4. The third-order valence-electron chi connectivity index (χ3n) is 7.08. The first-order valence-electron chi connectivity index (χ1n) is 9.64. The van der Waals surface area contributed by atoms with Crippen LogP contribution in [0.2, 0.25) is 0 Å². The average Bonchev–Trinajstić information content (AvgIpc) is 2.88. The van der Waals surface area contributed by atoms with Crippen LogP contribution in [0.5, 0.6) is 11.5 Å². The van der Waals surface area contributed by atoms with E-state index >= 15 is 0 Å². The van der Waals surface area contributed by atoms with Gasteiger partial charge >= 0.3 is 7.12 Å². The fourth-order valence-corrected chi connectivity index (χ4v) is 5.85. The van der Waals surface area contributed by atoms with Gasteiger partial charge in [-0.1, -0.05) is 33.8 Å². The molecule has 2 atom stereocenters. The summed E-state index contributed by atoms with van der Waals surface area (Å²) in [6.07, 6.45) is 5.09. The Morgan fingerprint density at radius 3 is 2.56 bits per heavy atom. The molecule has 2 aliphatic rings. The Kier molecular flexibility index (Phi) is 3.96. The monoisotopic (exact) mass is 370 g/mol. The number of furan rings is 1. The molecule has 0 bridgehead atoms. The summed E-state index contributed by atoms with van der Waals surface area (Å²) < 4.78 is 6.10. The maximum Gasteiger partial charge on any atom is 0.496 e. The third kappa shape index (κ3) is 2.46. The third-order valence-corrected chi connectivity index (χ3v) is 7.08. The minimum Gasteiger partial charge on any atom is -0.504 e. The van der Waals surface area contributed by atoms with E-state index in [1.807, 2.05) is 0 Å². The summed E-state index contributed by atoms with van der Waals surface area (Å²) in [5, 5.41) is 40.6. The van der Waals surface area contributed by atoms with Crippen LogP contribution in [0.1, 0.15) is 64.2 Å². The van der Waals surface area contributed by atoms with E-state index in [0.29, 0.717) is 17.1 Å². The highest BCUT2D eigenvalue weighted by Gasteiger charge is 2.51. The summed E-state index contributed by atoms with van der Waals surface area (Å²) in [6.45, 7) is 11.1. The molecule has 6 heteroatoms. The van der Waals surface area contributed by atoms with Gasteiger partial charge in [-0.3, -0.25) is 0 Å². The van der Waals surface area contributed by atoms with Crippen LogP contribution in [0.15, 0.2) is 17.1 Å². The van der Waals surface area contributed by atoms with Crippen LogP contribution < -0.4 is 5.46 Å². The number of allylic oxidation sites excluding steroid dienone is 1. The molecule has 1 fully saturated rings. The van der Waals surface area contributed by atoms with Gasteiger partial charge in [-0.15, -0.1) is 0 Å². The minimum absolute atomic E-state index is 0.163. The summed E-state index contributed by atoms with van der Waals surface area (Å²) in [5.41, 5.74) is 1.87. The number of phenols is 2. The highest BCUT2D eigenvalue weighted by molar-refractivity contribution is 6.63. The van der Waals surface area contributed by atoms with Crippen molar-refractivity contribution in [2.45, 2.75) is 58.3 Å². The first-order chi connectivity index (χ1) is 12.6. The van der Waals surface area contributed by atoms with Crippen molar-refractivity contribution in [3.63, 3.8) is 0 Å². The number of benzene rings is 1. The zero-order valence-corrected chi connectivity index (χ0v) is 16.2. The van der Waals surface area contributed by atoms with Gasteiger partial charge in [-0.05, 0) is 48.7 Å². The highest BCUT2D eigenvalue weighted by Crippen LogP contribution is 2.59. The van der Waals surface area contributed by atoms with Crippen molar-refractivity contribution in [3.8, 4) is 11.5 Å². The fourth-order valence-electron chi connectivity index (χ4n) is 5.85. The van der Waals surface area contributed by atoms with E-state index in [2.05, 4.69) is 27.4 Å². The molecule has 1 heterocycles. The normalized spacial score (nSPS) is 27.1. The SMILES string of the molecule is C=C1CC[C@@H]2C(C)(C)CCC[C@@]2(C)c2c1oc1c(B(O)O)c(O)c(O)cc21. The lowest BCUT2D eigenvalue weighted by Gasteiger charge is -2.50. The molecule has 1 saturated carbocycles. The molecule has 0 spiro atoms. The first kappa shape index (κ1) is 18.4. The van der Waals surface area contributed by atoms with E-state index in [1.54, 1.807) is 0 Å². The molecule has 4 rings (SSSR count). The number of fused-ring (bicyclic) bond motifs is 5. The molecule has 2 aromatic rings. The van der Waals surface area contributed by atoms with Crippen molar-refractivity contribution in [3.05, 3.63) is 24.0 Å². The Labute approximate surface area is 159 Å². The van der Waals surface area contributed by atoms with Gasteiger partial charge in [0.2, 0.25) is 0 Å². The maximum absolute atomic E-state index is 10.2. The number of aromatic hydroxyl groups is 2. The van der Waals surface area contributed by atoms with Crippen LogP contribution in [0.3, 0.4) is 0 Å². The van der Waals surface area contributed by atoms with E-state index < -0.39 is 12.9 Å². The van der Waals surface area contributed by atoms with E-state index in [0.717, 1.165) is 43.2 Å². The molecule has 144 valence electrons. The van der Waals surface area contributed by atoms with Gasteiger partial charge in [0, 0.05) is 16.4 Å².